The molecular formula is C12H24N2O2. The molecule has 4 heteroatoms. The Morgan fingerprint density at radius 1 is 1.12 bits per heavy atom. The van der Waals surface area contributed by atoms with Crippen LogP contribution in [0.2, 0.25) is 0 Å². The molecule has 2 rings (SSSR count). The SMILES string of the molecule is CC1(C)CC(NN2CCOCC2)C(C)(C)O1. The van der Waals surface area contributed by atoms with Crippen LogP contribution in [-0.2, 0) is 9.47 Å². The highest BCUT2D eigenvalue weighted by Crippen LogP contribution is 2.37. The summed E-state index contributed by atoms with van der Waals surface area (Å²) in [5, 5.41) is 2.26. The first-order valence-electron chi connectivity index (χ1n) is 6.18. The van der Waals surface area contributed by atoms with E-state index in [-0.39, 0.29) is 11.2 Å². The Kier molecular flexibility index (Phi) is 3.27. The lowest BCUT2D eigenvalue weighted by Crippen LogP contribution is -2.55. The number of morpholine rings is 1. The monoisotopic (exact) mass is 228 g/mol. The highest BCUT2D eigenvalue weighted by molar-refractivity contribution is 4.98. The number of nitrogens with zero attached hydrogens (tertiary/aromatic N) is 1. The lowest BCUT2D eigenvalue weighted by molar-refractivity contribution is -0.0792. The van der Waals surface area contributed by atoms with Gasteiger partial charge in [-0.3, -0.25) is 0 Å². The largest absolute Gasteiger partial charge is 0.379 e. The number of rotatable bonds is 2. The second-order valence-electron chi connectivity index (χ2n) is 5.95. The molecule has 2 aliphatic heterocycles. The predicted molar refractivity (Wildman–Crippen MR) is 63.2 cm³/mol. The zero-order chi connectivity index (χ0) is 11.8. The summed E-state index contributed by atoms with van der Waals surface area (Å²) in [6, 6.07) is 0.389. The number of hydrogen-bond acceptors (Lipinski definition) is 4. The first kappa shape index (κ1) is 12.3. The molecule has 2 fully saturated rings. The average Bonchev–Trinajstić information content (AvgIpc) is 2.36. The van der Waals surface area contributed by atoms with Crippen molar-refractivity contribution >= 4 is 0 Å². The van der Waals surface area contributed by atoms with E-state index in [4.69, 9.17) is 9.47 Å². The van der Waals surface area contributed by atoms with Crippen molar-refractivity contribution in [1.29, 1.82) is 0 Å². The third-order valence-corrected chi connectivity index (χ3v) is 3.42. The predicted octanol–water partition coefficient (Wildman–Crippen LogP) is 1.17. The zero-order valence-corrected chi connectivity index (χ0v) is 10.9. The Bertz CT molecular complexity index is 247. The summed E-state index contributed by atoms with van der Waals surface area (Å²) in [6.45, 7) is 12.2. The summed E-state index contributed by atoms with van der Waals surface area (Å²) in [5.41, 5.74) is 3.48. The van der Waals surface area contributed by atoms with Gasteiger partial charge in [0.1, 0.15) is 0 Å². The molecule has 1 atom stereocenters. The Hall–Kier alpha value is -0.160. The third kappa shape index (κ3) is 2.74. The van der Waals surface area contributed by atoms with Gasteiger partial charge in [-0.1, -0.05) is 0 Å². The normalized spacial score (nSPS) is 34.1. The van der Waals surface area contributed by atoms with Gasteiger partial charge in [0.15, 0.2) is 0 Å². The average molecular weight is 228 g/mol. The van der Waals surface area contributed by atoms with Crippen molar-refractivity contribution in [3.8, 4) is 0 Å². The maximum atomic E-state index is 6.07. The Morgan fingerprint density at radius 3 is 2.25 bits per heavy atom. The van der Waals surface area contributed by atoms with Gasteiger partial charge < -0.3 is 9.47 Å². The maximum Gasteiger partial charge on any atom is 0.0800 e. The maximum absolute atomic E-state index is 6.07. The van der Waals surface area contributed by atoms with Gasteiger partial charge in [-0.15, -0.1) is 0 Å². The van der Waals surface area contributed by atoms with E-state index >= 15 is 0 Å². The van der Waals surface area contributed by atoms with Gasteiger partial charge in [-0.2, -0.15) is 0 Å². The molecule has 1 N–H and O–H groups in total. The Balaban J connectivity index is 1.93. The van der Waals surface area contributed by atoms with E-state index in [1.807, 2.05) is 0 Å². The van der Waals surface area contributed by atoms with Crippen molar-refractivity contribution in [3.63, 3.8) is 0 Å². The van der Waals surface area contributed by atoms with Gasteiger partial charge in [0.2, 0.25) is 0 Å². The van der Waals surface area contributed by atoms with Crippen molar-refractivity contribution in [2.24, 2.45) is 0 Å². The number of ether oxygens (including phenoxy) is 2. The van der Waals surface area contributed by atoms with Crippen molar-refractivity contribution in [3.05, 3.63) is 0 Å². The topological polar surface area (TPSA) is 33.7 Å². The van der Waals surface area contributed by atoms with E-state index in [0.29, 0.717) is 6.04 Å². The van der Waals surface area contributed by atoms with Gasteiger partial charge in [0, 0.05) is 13.1 Å². The molecule has 2 aliphatic rings. The second kappa shape index (κ2) is 4.26. The van der Waals surface area contributed by atoms with Crippen LogP contribution < -0.4 is 5.43 Å². The van der Waals surface area contributed by atoms with Gasteiger partial charge in [-0.05, 0) is 34.1 Å². The van der Waals surface area contributed by atoms with Crippen LogP contribution in [0.5, 0.6) is 0 Å². The van der Waals surface area contributed by atoms with Gasteiger partial charge in [-0.25, -0.2) is 10.4 Å². The molecule has 0 aliphatic carbocycles. The number of hydrazine groups is 1. The van der Waals surface area contributed by atoms with Crippen molar-refractivity contribution < 1.29 is 9.47 Å². The molecule has 16 heavy (non-hydrogen) atoms. The van der Waals surface area contributed by atoms with E-state index in [0.717, 1.165) is 32.7 Å². The van der Waals surface area contributed by atoms with Gasteiger partial charge in [0.25, 0.3) is 0 Å². The van der Waals surface area contributed by atoms with Crippen LogP contribution in [0.1, 0.15) is 34.1 Å². The summed E-state index contributed by atoms with van der Waals surface area (Å²) < 4.78 is 11.4. The van der Waals surface area contributed by atoms with Crippen LogP contribution in [0.25, 0.3) is 0 Å². The molecule has 2 saturated heterocycles. The van der Waals surface area contributed by atoms with Crippen molar-refractivity contribution in [2.75, 3.05) is 26.3 Å². The van der Waals surface area contributed by atoms with Crippen LogP contribution in [0.15, 0.2) is 0 Å². The van der Waals surface area contributed by atoms with Crippen molar-refractivity contribution in [1.82, 2.24) is 10.4 Å². The fraction of sp³-hybridized carbons (Fsp3) is 1.00. The zero-order valence-electron chi connectivity index (χ0n) is 10.9. The molecular weight excluding hydrogens is 204 g/mol. The molecule has 0 amide bonds. The first-order chi connectivity index (χ1) is 7.39. The number of hydrogen-bond donors (Lipinski definition) is 1. The summed E-state index contributed by atoms with van der Waals surface area (Å²) in [6.07, 6.45) is 1.05. The Morgan fingerprint density at radius 2 is 1.75 bits per heavy atom. The molecule has 0 spiro atoms. The fourth-order valence-corrected chi connectivity index (χ4v) is 2.68. The summed E-state index contributed by atoms with van der Waals surface area (Å²) in [7, 11) is 0. The molecule has 0 radical (unpaired) electrons. The molecule has 0 saturated carbocycles. The second-order valence-corrected chi connectivity index (χ2v) is 5.95. The van der Waals surface area contributed by atoms with Gasteiger partial charge in [0.05, 0.1) is 30.5 Å². The minimum Gasteiger partial charge on any atom is -0.379 e. The highest BCUT2D eigenvalue weighted by Gasteiger charge is 2.46. The fourth-order valence-electron chi connectivity index (χ4n) is 2.68. The molecule has 1 unspecified atom stereocenters. The lowest BCUT2D eigenvalue weighted by Gasteiger charge is -2.34. The van der Waals surface area contributed by atoms with E-state index in [1.54, 1.807) is 0 Å². The summed E-state index contributed by atoms with van der Waals surface area (Å²) in [4.78, 5) is 0. The van der Waals surface area contributed by atoms with E-state index in [9.17, 15) is 0 Å². The quantitative estimate of drug-likeness (QED) is 0.769. The van der Waals surface area contributed by atoms with E-state index < -0.39 is 0 Å². The van der Waals surface area contributed by atoms with Crippen molar-refractivity contribution in [2.45, 2.75) is 51.4 Å². The molecule has 94 valence electrons. The minimum atomic E-state index is -0.0954. The van der Waals surface area contributed by atoms with Gasteiger partial charge >= 0.3 is 0 Å². The Labute approximate surface area is 98.2 Å². The lowest BCUT2D eigenvalue weighted by atomic mass is 9.95. The third-order valence-electron chi connectivity index (χ3n) is 3.42. The molecule has 0 aromatic heterocycles. The smallest absolute Gasteiger partial charge is 0.0800 e. The standard InChI is InChI=1S/C12H24N2O2/c1-11(2)9-10(12(3,4)16-11)13-14-5-7-15-8-6-14/h10,13H,5-9H2,1-4H3. The molecule has 4 nitrogen and oxygen atoms in total. The van der Waals surface area contributed by atoms with Crippen LogP contribution in [-0.4, -0.2) is 48.6 Å². The molecule has 0 aromatic carbocycles. The van der Waals surface area contributed by atoms with Crippen LogP contribution >= 0.6 is 0 Å². The van der Waals surface area contributed by atoms with Crippen LogP contribution in [0.3, 0.4) is 0 Å². The summed E-state index contributed by atoms with van der Waals surface area (Å²) in [5.74, 6) is 0. The van der Waals surface area contributed by atoms with E-state index in [2.05, 4.69) is 38.1 Å². The first-order valence-corrected chi connectivity index (χ1v) is 6.18. The van der Waals surface area contributed by atoms with E-state index in [1.165, 1.54) is 0 Å². The molecule has 0 bridgehead atoms. The van der Waals surface area contributed by atoms with Crippen LogP contribution in [0, 0.1) is 0 Å². The highest BCUT2D eigenvalue weighted by atomic mass is 16.5. The van der Waals surface area contributed by atoms with Crippen LogP contribution in [0.4, 0.5) is 0 Å². The minimum absolute atomic E-state index is 0.0204. The molecule has 0 aromatic rings. The number of nitrogens with one attached hydrogen (secondary N) is 1. The molecule has 2 heterocycles. The summed E-state index contributed by atoms with van der Waals surface area (Å²) >= 11 is 0.